The average Bonchev–Trinajstić information content (AvgIpc) is 3.76. The van der Waals surface area contributed by atoms with Crippen LogP contribution in [0.5, 0.6) is 0 Å². The molecule has 1 rings (SSSR count). The smallest absolute Gasteiger partial charge is 0.312 e. The maximum Gasteiger partial charge on any atom is 0.312 e. The molecule has 226 valence electrons. The summed E-state index contributed by atoms with van der Waals surface area (Å²) >= 11 is 0. The first-order valence-corrected chi connectivity index (χ1v) is 17.5. The summed E-state index contributed by atoms with van der Waals surface area (Å²) < 4.78 is 11.3. The van der Waals surface area contributed by atoms with E-state index in [0.29, 0.717) is 6.61 Å². The van der Waals surface area contributed by atoms with Crippen molar-refractivity contribution in [3.8, 4) is 0 Å². The highest BCUT2D eigenvalue weighted by Gasteiger charge is 2.39. The van der Waals surface area contributed by atoms with Gasteiger partial charge in [-0.25, -0.2) is 0 Å². The number of ether oxygens (including phenoxy) is 2. The molecule has 3 nitrogen and oxygen atoms in total. The van der Waals surface area contributed by atoms with Gasteiger partial charge in [0.2, 0.25) is 0 Å². The van der Waals surface area contributed by atoms with Gasteiger partial charge in [-0.15, -0.1) is 0 Å². The Bertz CT molecular complexity index is 463. The zero-order valence-electron chi connectivity index (χ0n) is 26.3. The fraction of sp³-hybridized carbons (Fsp3) is 0.971. The molecule has 0 aromatic rings. The van der Waals surface area contributed by atoms with Crippen molar-refractivity contribution in [2.75, 3.05) is 13.2 Å². The molecule has 0 bridgehead atoms. The topological polar surface area (TPSA) is 38.8 Å². The summed E-state index contributed by atoms with van der Waals surface area (Å²) in [7, 11) is 0. The minimum atomic E-state index is -0.262. The molecule has 0 N–H and O–H groups in total. The second-order valence-corrected chi connectivity index (χ2v) is 12.5. The van der Waals surface area contributed by atoms with Crippen molar-refractivity contribution >= 4 is 5.97 Å². The quantitative estimate of drug-likeness (QED) is 0.0520. The highest BCUT2D eigenvalue weighted by atomic mass is 16.6. The van der Waals surface area contributed by atoms with Gasteiger partial charge in [0.15, 0.2) is 0 Å². The second kappa shape index (κ2) is 25.4. The monoisotopic (exact) mass is 537 g/mol. The molecule has 1 saturated heterocycles. The van der Waals surface area contributed by atoms with Gasteiger partial charge < -0.3 is 9.47 Å². The number of esters is 1. The molecule has 0 saturated carbocycles. The number of carbonyl (C=O) groups excluding carboxylic acids is 1. The maximum atomic E-state index is 13.6. The fourth-order valence-corrected chi connectivity index (χ4v) is 5.96. The molecule has 0 aromatic heterocycles. The van der Waals surface area contributed by atoms with Gasteiger partial charge in [-0.3, -0.25) is 4.79 Å². The number of epoxide rings is 1. The van der Waals surface area contributed by atoms with Crippen molar-refractivity contribution in [2.24, 2.45) is 5.41 Å². The van der Waals surface area contributed by atoms with Gasteiger partial charge in [0.25, 0.3) is 0 Å². The lowest BCUT2D eigenvalue weighted by molar-refractivity contribution is -0.158. The van der Waals surface area contributed by atoms with Gasteiger partial charge >= 0.3 is 5.97 Å². The molecule has 1 heterocycles. The van der Waals surface area contributed by atoms with Crippen LogP contribution in [-0.2, 0) is 14.3 Å². The van der Waals surface area contributed by atoms with Gasteiger partial charge in [-0.1, -0.05) is 175 Å². The van der Waals surface area contributed by atoms with Crippen LogP contribution >= 0.6 is 0 Å². The Kier molecular flexibility index (Phi) is 23.7. The van der Waals surface area contributed by atoms with E-state index in [4.69, 9.17) is 9.47 Å². The maximum absolute atomic E-state index is 13.6. The normalized spacial score (nSPS) is 15.2. The summed E-state index contributed by atoms with van der Waals surface area (Å²) in [5, 5.41) is 0. The van der Waals surface area contributed by atoms with E-state index in [1.165, 1.54) is 154 Å². The molecule has 1 atom stereocenters. The van der Waals surface area contributed by atoms with Gasteiger partial charge in [0.05, 0.1) is 12.0 Å². The molecule has 0 spiro atoms. The van der Waals surface area contributed by atoms with Crippen LogP contribution in [0.4, 0.5) is 0 Å². The van der Waals surface area contributed by atoms with Gasteiger partial charge in [0, 0.05) is 0 Å². The van der Waals surface area contributed by atoms with Crippen molar-refractivity contribution in [1.29, 1.82) is 0 Å². The van der Waals surface area contributed by atoms with E-state index in [0.717, 1.165) is 25.9 Å². The van der Waals surface area contributed by atoms with E-state index >= 15 is 0 Å². The van der Waals surface area contributed by atoms with E-state index in [1.807, 2.05) is 0 Å². The van der Waals surface area contributed by atoms with Gasteiger partial charge in [-0.05, 0) is 19.3 Å². The molecule has 1 aliphatic heterocycles. The minimum Gasteiger partial charge on any atom is -0.462 e. The van der Waals surface area contributed by atoms with Crippen LogP contribution in [-0.4, -0.2) is 25.3 Å². The third-order valence-electron chi connectivity index (χ3n) is 8.76. The van der Waals surface area contributed by atoms with Crippen molar-refractivity contribution in [3.05, 3.63) is 0 Å². The lowest BCUT2D eigenvalue weighted by Crippen LogP contribution is -2.34. The fourth-order valence-electron chi connectivity index (χ4n) is 5.96. The van der Waals surface area contributed by atoms with E-state index < -0.39 is 0 Å². The average molecular weight is 537 g/mol. The standard InChI is InChI=1S/C35H68O3/c1-4-7-10-13-16-19-22-25-28-35(34(36)38-32-33-31-37-33,29-26-23-20-17-14-11-8-5-2)30-27-24-21-18-15-12-9-6-3/h33H,4-32H2,1-3H3. The third kappa shape index (κ3) is 19.5. The van der Waals surface area contributed by atoms with Crippen LogP contribution in [0.15, 0.2) is 0 Å². The first-order chi connectivity index (χ1) is 18.7. The molecule has 1 aliphatic rings. The van der Waals surface area contributed by atoms with E-state index in [1.54, 1.807) is 0 Å². The predicted molar refractivity (Wildman–Crippen MR) is 165 cm³/mol. The number of hydrogen-bond acceptors (Lipinski definition) is 3. The van der Waals surface area contributed by atoms with Crippen LogP contribution in [0.25, 0.3) is 0 Å². The molecule has 1 fully saturated rings. The molecule has 0 amide bonds. The van der Waals surface area contributed by atoms with E-state index in [9.17, 15) is 4.79 Å². The molecule has 1 unspecified atom stereocenters. The van der Waals surface area contributed by atoms with Crippen molar-refractivity contribution in [2.45, 2.75) is 200 Å². The number of carbonyl (C=O) groups is 1. The number of rotatable bonds is 30. The summed E-state index contributed by atoms with van der Waals surface area (Å²) in [6.45, 7) is 8.08. The Labute approximate surface area is 239 Å². The SMILES string of the molecule is CCCCCCCCCCC(CCCCCCCCCC)(CCCCCCCCCC)C(=O)OCC1CO1. The van der Waals surface area contributed by atoms with Gasteiger partial charge in [-0.2, -0.15) is 0 Å². The molecular formula is C35H68O3. The molecule has 0 aromatic carbocycles. The van der Waals surface area contributed by atoms with Gasteiger partial charge in [0.1, 0.15) is 12.7 Å². The predicted octanol–water partition coefficient (Wildman–Crippen LogP) is 11.5. The summed E-state index contributed by atoms with van der Waals surface area (Å²) in [5.74, 6) is 0.0989. The summed E-state index contributed by atoms with van der Waals surface area (Å²) in [5.41, 5.74) is -0.262. The Morgan fingerprint density at radius 2 is 0.842 bits per heavy atom. The first-order valence-electron chi connectivity index (χ1n) is 17.5. The largest absolute Gasteiger partial charge is 0.462 e. The third-order valence-corrected chi connectivity index (χ3v) is 8.76. The molecule has 0 aliphatic carbocycles. The first kappa shape index (κ1) is 35.5. The lowest BCUT2D eigenvalue weighted by Gasteiger charge is -2.32. The molecule has 38 heavy (non-hydrogen) atoms. The van der Waals surface area contributed by atoms with Crippen LogP contribution in [0.2, 0.25) is 0 Å². The Morgan fingerprint density at radius 3 is 1.13 bits per heavy atom. The summed E-state index contributed by atoms with van der Waals surface area (Å²) in [6, 6.07) is 0. The second-order valence-electron chi connectivity index (χ2n) is 12.5. The van der Waals surface area contributed by atoms with Crippen LogP contribution in [0.1, 0.15) is 194 Å². The van der Waals surface area contributed by atoms with Crippen LogP contribution in [0.3, 0.4) is 0 Å². The van der Waals surface area contributed by atoms with Crippen LogP contribution in [0, 0.1) is 5.41 Å². The molecular weight excluding hydrogens is 468 g/mol. The highest BCUT2D eigenvalue weighted by molar-refractivity contribution is 5.76. The highest BCUT2D eigenvalue weighted by Crippen LogP contribution is 2.39. The number of unbranched alkanes of at least 4 members (excludes halogenated alkanes) is 21. The minimum absolute atomic E-state index is 0.0989. The Morgan fingerprint density at radius 1 is 0.553 bits per heavy atom. The van der Waals surface area contributed by atoms with E-state index in [2.05, 4.69) is 20.8 Å². The molecule has 0 radical (unpaired) electrons. The zero-order chi connectivity index (χ0) is 27.6. The van der Waals surface area contributed by atoms with Crippen molar-refractivity contribution in [3.63, 3.8) is 0 Å². The van der Waals surface area contributed by atoms with Crippen molar-refractivity contribution in [1.82, 2.24) is 0 Å². The van der Waals surface area contributed by atoms with E-state index in [-0.39, 0.29) is 17.5 Å². The van der Waals surface area contributed by atoms with Crippen molar-refractivity contribution < 1.29 is 14.3 Å². The lowest BCUT2D eigenvalue weighted by atomic mass is 9.74. The summed E-state index contributed by atoms with van der Waals surface area (Å²) in [6.07, 6.45) is 34.9. The number of hydrogen-bond donors (Lipinski definition) is 0. The molecule has 3 heteroatoms. The van der Waals surface area contributed by atoms with Crippen LogP contribution < -0.4 is 0 Å². The Balaban J connectivity index is 2.59. The zero-order valence-corrected chi connectivity index (χ0v) is 26.3. The summed E-state index contributed by atoms with van der Waals surface area (Å²) in [4.78, 5) is 13.6. The Hall–Kier alpha value is -0.570.